The van der Waals surface area contributed by atoms with E-state index in [1.165, 1.54) is 6.07 Å². The SMILES string of the molecule is N#CCc1c(F)cccc1-c1c(Cl)cccc1Cl. The van der Waals surface area contributed by atoms with Gasteiger partial charge >= 0.3 is 0 Å². The van der Waals surface area contributed by atoms with Crippen molar-refractivity contribution in [2.24, 2.45) is 0 Å². The van der Waals surface area contributed by atoms with Crippen LogP contribution in [0.1, 0.15) is 5.56 Å². The van der Waals surface area contributed by atoms with Crippen LogP contribution in [0.3, 0.4) is 0 Å². The first kappa shape index (κ1) is 12.9. The Bertz CT molecular complexity index is 612. The fourth-order valence-electron chi connectivity index (χ4n) is 1.81. The molecule has 1 nitrogen and oxygen atoms in total. The molecule has 0 aliphatic carbocycles. The molecular weight excluding hydrogens is 272 g/mol. The number of benzene rings is 2. The van der Waals surface area contributed by atoms with E-state index in [4.69, 9.17) is 28.5 Å². The van der Waals surface area contributed by atoms with E-state index in [1.807, 2.05) is 6.07 Å². The maximum absolute atomic E-state index is 13.7. The van der Waals surface area contributed by atoms with Gasteiger partial charge in [0.1, 0.15) is 5.82 Å². The van der Waals surface area contributed by atoms with Crippen molar-refractivity contribution in [1.29, 1.82) is 5.26 Å². The smallest absolute Gasteiger partial charge is 0.128 e. The third-order valence-electron chi connectivity index (χ3n) is 2.61. The molecule has 0 heterocycles. The van der Waals surface area contributed by atoms with Gasteiger partial charge in [0.2, 0.25) is 0 Å². The summed E-state index contributed by atoms with van der Waals surface area (Å²) in [7, 11) is 0. The first-order valence-corrected chi connectivity index (χ1v) is 5.99. The van der Waals surface area contributed by atoms with Gasteiger partial charge in [0.25, 0.3) is 0 Å². The van der Waals surface area contributed by atoms with Gasteiger partial charge in [-0.05, 0) is 23.8 Å². The molecule has 0 aliphatic rings. The van der Waals surface area contributed by atoms with Crippen LogP contribution in [0.25, 0.3) is 11.1 Å². The zero-order valence-electron chi connectivity index (χ0n) is 9.25. The Balaban J connectivity index is 2.72. The van der Waals surface area contributed by atoms with Crippen molar-refractivity contribution in [1.82, 2.24) is 0 Å². The normalized spacial score (nSPS) is 10.1. The number of nitriles is 1. The highest BCUT2D eigenvalue weighted by Gasteiger charge is 2.15. The standard InChI is InChI=1S/C14H8Cl2FN/c15-11-4-2-5-12(16)14(11)10-3-1-6-13(17)9(10)7-8-18/h1-6H,7H2. The predicted octanol–water partition coefficient (Wildman–Crippen LogP) is 4.87. The monoisotopic (exact) mass is 279 g/mol. The van der Waals surface area contributed by atoms with Crippen molar-refractivity contribution in [3.63, 3.8) is 0 Å². The summed E-state index contributed by atoms with van der Waals surface area (Å²) in [6, 6.07) is 11.6. The highest BCUT2D eigenvalue weighted by atomic mass is 35.5. The molecule has 0 saturated carbocycles. The van der Waals surface area contributed by atoms with E-state index in [1.54, 1.807) is 30.3 Å². The third-order valence-corrected chi connectivity index (χ3v) is 3.24. The topological polar surface area (TPSA) is 23.8 Å². The van der Waals surface area contributed by atoms with Crippen LogP contribution in [0.15, 0.2) is 36.4 Å². The van der Waals surface area contributed by atoms with Crippen molar-refractivity contribution >= 4 is 23.2 Å². The fraction of sp³-hybridized carbons (Fsp3) is 0.0714. The van der Waals surface area contributed by atoms with Crippen molar-refractivity contribution in [3.05, 3.63) is 57.8 Å². The minimum Gasteiger partial charge on any atom is -0.207 e. The summed E-state index contributed by atoms with van der Waals surface area (Å²) in [5.41, 5.74) is 1.44. The summed E-state index contributed by atoms with van der Waals surface area (Å²) < 4.78 is 13.7. The quantitative estimate of drug-likeness (QED) is 0.770. The highest BCUT2D eigenvalue weighted by molar-refractivity contribution is 6.39. The van der Waals surface area contributed by atoms with Gasteiger partial charge in [0.15, 0.2) is 0 Å². The Morgan fingerprint density at radius 3 is 2.28 bits per heavy atom. The third kappa shape index (κ3) is 2.33. The molecule has 90 valence electrons. The van der Waals surface area contributed by atoms with E-state index in [-0.39, 0.29) is 6.42 Å². The molecule has 0 unspecified atom stereocenters. The lowest BCUT2D eigenvalue weighted by Gasteiger charge is -2.11. The van der Waals surface area contributed by atoms with E-state index in [0.29, 0.717) is 26.7 Å². The number of hydrogen-bond donors (Lipinski definition) is 0. The Morgan fingerprint density at radius 1 is 1.06 bits per heavy atom. The van der Waals surface area contributed by atoms with E-state index in [2.05, 4.69) is 0 Å². The molecule has 0 aromatic heterocycles. The zero-order valence-corrected chi connectivity index (χ0v) is 10.8. The number of hydrogen-bond acceptors (Lipinski definition) is 1. The van der Waals surface area contributed by atoms with Crippen LogP contribution in [-0.2, 0) is 6.42 Å². The molecule has 0 N–H and O–H groups in total. The van der Waals surface area contributed by atoms with Gasteiger partial charge in [-0.15, -0.1) is 0 Å². The Morgan fingerprint density at radius 2 is 1.67 bits per heavy atom. The molecule has 0 fully saturated rings. The molecule has 0 radical (unpaired) electrons. The molecule has 2 aromatic carbocycles. The lowest BCUT2D eigenvalue weighted by Crippen LogP contribution is -1.94. The molecule has 0 atom stereocenters. The zero-order chi connectivity index (χ0) is 13.1. The number of nitrogens with zero attached hydrogens (tertiary/aromatic N) is 1. The second kappa shape index (κ2) is 5.39. The molecule has 0 saturated heterocycles. The summed E-state index contributed by atoms with van der Waals surface area (Å²) in [5.74, 6) is -0.426. The van der Waals surface area contributed by atoms with Gasteiger partial charge in [-0.3, -0.25) is 0 Å². The molecule has 0 bridgehead atoms. The van der Waals surface area contributed by atoms with Gasteiger partial charge < -0.3 is 0 Å². The van der Waals surface area contributed by atoms with Crippen LogP contribution < -0.4 is 0 Å². The summed E-state index contributed by atoms with van der Waals surface area (Å²) in [6.07, 6.45) is -0.0242. The molecule has 0 spiro atoms. The van der Waals surface area contributed by atoms with E-state index in [0.717, 1.165) is 0 Å². The number of rotatable bonds is 2. The lowest BCUT2D eigenvalue weighted by molar-refractivity contribution is 0.616. The minimum atomic E-state index is -0.426. The predicted molar refractivity (Wildman–Crippen MR) is 71.2 cm³/mol. The Hall–Kier alpha value is -1.56. The molecule has 4 heteroatoms. The Labute approximate surface area is 114 Å². The van der Waals surface area contributed by atoms with Crippen molar-refractivity contribution < 1.29 is 4.39 Å². The molecular formula is C14H8Cl2FN. The van der Waals surface area contributed by atoms with Crippen LogP contribution in [0.4, 0.5) is 4.39 Å². The molecule has 18 heavy (non-hydrogen) atoms. The van der Waals surface area contributed by atoms with Crippen LogP contribution in [0.2, 0.25) is 10.0 Å². The van der Waals surface area contributed by atoms with E-state index < -0.39 is 5.82 Å². The second-order valence-corrected chi connectivity index (χ2v) is 4.51. The molecule has 2 rings (SSSR count). The van der Waals surface area contributed by atoms with E-state index in [9.17, 15) is 4.39 Å². The average molecular weight is 280 g/mol. The maximum atomic E-state index is 13.7. The van der Waals surface area contributed by atoms with Gasteiger partial charge in [-0.2, -0.15) is 5.26 Å². The van der Waals surface area contributed by atoms with Crippen LogP contribution in [0, 0.1) is 17.1 Å². The molecule has 2 aromatic rings. The fourth-order valence-corrected chi connectivity index (χ4v) is 2.41. The van der Waals surface area contributed by atoms with Crippen LogP contribution >= 0.6 is 23.2 Å². The van der Waals surface area contributed by atoms with Crippen LogP contribution in [0.5, 0.6) is 0 Å². The van der Waals surface area contributed by atoms with Gasteiger partial charge in [-0.1, -0.05) is 41.4 Å². The summed E-state index contributed by atoms with van der Waals surface area (Å²) in [4.78, 5) is 0. The largest absolute Gasteiger partial charge is 0.207 e. The van der Waals surface area contributed by atoms with Crippen molar-refractivity contribution in [3.8, 4) is 17.2 Å². The number of halogens is 3. The first-order chi connectivity index (χ1) is 8.65. The van der Waals surface area contributed by atoms with Gasteiger partial charge in [-0.25, -0.2) is 4.39 Å². The van der Waals surface area contributed by atoms with Crippen molar-refractivity contribution in [2.75, 3.05) is 0 Å². The average Bonchev–Trinajstić information content (AvgIpc) is 2.33. The van der Waals surface area contributed by atoms with Gasteiger partial charge in [0.05, 0.1) is 12.5 Å². The van der Waals surface area contributed by atoms with Crippen molar-refractivity contribution in [2.45, 2.75) is 6.42 Å². The second-order valence-electron chi connectivity index (χ2n) is 3.70. The highest BCUT2D eigenvalue weighted by Crippen LogP contribution is 2.37. The van der Waals surface area contributed by atoms with Gasteiger partial charge in [0, 0.05) is 21.2 Å². The minimum absolute atomic E-state index is 0.0242. The van der Waals surface area contributed by atoms with E-state index >= 15 is 0 Å². The summed E-state index contributed by atoms with van der Waals surface area (Å²) in [5, 5.41) is 9.65. The first-order valence-electron chi connectivity index (χ1n) is 5.24. The summed E-state index contributed by atoms with van der Waals surface area (Å²) in [6.45, 7) is 0. The summed E-state index contributed by atoms with van der Waals surface area (Å²) >= 11 is 12.2. The van der Waals surface area contributed by atoms with Crippen LogP contribution in [-0.4, -0.2) is 0 Å². The lowest BCUT2D eigenvalue weighted by atomic mass is 9.97. The molecule has 0 aliphatic heterocycles. The maximum Gasteiger partial charge on any atom is 0.128 e. The Kier molecular flexibility index (Phi) is 3.86. The molecule has 0 amide bonds.